The third-order valence-corrected chi connectivity index (χ3v) is 6.01. The summed E-state index contributed by atoms with van der Waals surface area (Å²) in [4.78, 5) is 41.5. The van der Waals surface area contributed by atoms with Crippen LogP contribution in [0.2, 0.25) is 0 Å². The minimum atomic E-state index is -0.372. The van der Waals surface area contributed by atoms with E-state index < -0.39 is 0 Å². The Morgan fingerprint density at radius 1 is 0.921 bits per heavy atom. The average molecular weight is 511 g/mol. The number of esters is 1. The van der Waals surface area contributed by atoms with Gasteiger partial charge in [0.05, 0.1) is 36.3 Å². The number of hydrogen-bond donors (Lipinski definition) is 2. The molecule has 0 aliphatic rings. The van der Waals surface area contributed by atoms with E-state index in [9.17, 15) is 14.4 Å². The molecule has 38 heavy (non-hydrogen) atoms. The molecule has 0 atom stereocenters. The zero-order valence-corrected chi connectivity index (χ0v) is 21.4. The summed E-state index contributed by atoms with van der Waals surface area (Å²) >= 11 is 0. The Hall–Kier alpha value is -4.72. The summed E-state index contributed by atoms with van der Waals surface area (Å²) in [6.45, 7) is 4.50. The van der Waals surface area contributed by atoms with Crippen molar-refractivity contribution >= 4 is 23.4 Å². The second-order valence-electron chi connectivity index (χ2n) is 8.80. The number of pyridine rings is 2. The Morgan fingerprint density at radius 2 is 1.68 bits per heavy atom. The smallest absolute Gasteiger partial charge is 0.323 e. The standard InChI is InChI=1S/C30H30N4O4/c1-3-38-28(35)17-14-22-10-12-23(13-11-22)20-34-18-6-8-25(29(34)36)27-16-15-24(19-31-27)32-30(37)33-26-9-5-4-7-21(26)2/h4-13,15-16,18-19H,3,14,17,20H2,1-2H3,(H2,32,33,37). The van der Waals surface area contributed by atoms with Crippen LogP contribution in [0.15, 0.2) is 90.0 Å². The summed E-state index contributed by atoms with van der Waals surface area (Å²) in [5.74, 6) is -0.206. The number of ether oxygens (including phenoxy) is 1. The fraction of sp³-hybridized carbons (Fsp3) is 0.200. The van der Waals surface area contributed by atoms with Gasteiger partial charge in [0.25, 0.3) is 5.56 Å². The number of nitrogens with one attached hydrogen (secondary N) is 2. The molecule has 2 amide bonds. The number of nitrogens with zero attached hydrogens (tertiary/aromatic N) is 2. The summed E-state index contributed by atoms with van der Waals surface area (Å²) in [5.41, 5.74) is 5.03. The molecule has 0 fully saturated rings. The van der Waals surface area contributed by atoms with Crippen molar-refractivity contribution in [2.75, 3.05) is 17.2 Å². The quantitative estimate of drug-likeness (QED) is 0.293. The van der Waals surface area contributed by atoms with Gasteiger partial charge in [0.2, 0.25) is 0 Å². The van der Waals surface area contributed by atoms with Crippen LogP contribution in [0.5, 0.6) is 0 Å². The van der Waals surface area contributed by atoms with E-state index in [0.717, 1.165) is 22.4 Å². The van der Waals surface area contributed by atoms with E-state index in [0.29, 0.717) is 42.9 Å². The lowest BCUT2D eigenvalue weighted by Gasteiger charge is -2.11. The predicted octanol–water partition coefficient (Wildman–Crippen LogP) is 5.41. The van der Waals surface area contributed by atoms with Crippen molar-refractivity contribution in [2.24, 2.45) is 0 Å². The second kappa shape index (κ2) is 12.5. The molecule has 0 unspecified atom stereocenters. The van der Waals surface area contributed by atoms with Crippen LogP contribution >= 0.6 is 0 Å². The summed E-state index contributed by atoms with van der Waals surface area (Å²) in [5, 5.41) is 5.57. The Morgan fingerprint density at radius 3 is 2.39 bits per heavy atom. The number of carbonyl (C=O) groups is 2. The van der Waals surface area contributed by atoms with E-state index in [2.05, 4.69) is 15.6 Å². The van der Waals surface area contributed by atoms with Gasteiger partial charge in [-0.1, -0.05) is 42.5 Å². The number of aryl methyl sites for hydroxylation is 2. The maximum Gasteiger partial charge on any atom is 0.323 e. The Kier molecular flexibility index (Phi) is 8.66. The van der Waals surface area contributed by atoms with Crippen LogP contribution in [-0.2, 0) is 22.5 Å². The monoisotopic (exact) mass is 510 g/mol. The fourth-order valence-corrected chi connectivity index (χ4v) is 3.97. The van der Waals surface area contributed by atoms with Crippen molar-refractivity contribution in [1.82, 2.24) is 9.55 Å². The molecule has 2 aromatic heterocycles. The number of hydrogen-bond acceptors (Lipinski definition) is 5. The van der Waals surface area contributed by atoms with E-state index >= 15 is 0 Å². The van der Waals surface area contributed by atoms with E-state index in [1.165, 1.54) is 6.20 Å². The summed E-state index contributed by atoms with van der Waals surface area (Å²) < 4.78 is 6.60. The number of benzene rings is 2. The first-order chi connectivity index (χ1) is 18.4. The van der Waals surface area contributed by atoms with Crippen molar-refractivity contribution < 1.29 is 14.3 Å². The topological polar surface area (TPSA) is 102 Å². The van der Waals surface area contributed by atoms with E-state index in [1.54, 1.807) is 35.9 Å². The van der Waals surface area contributed by atoms with Gasteiger partial charge < -0.3 is 19.9 Å². The molecule has 8 heteroatoms. The molecule has 0 bridgehead atoms. The highest BCUT2D eigenvalue weighted by Crippen LogP contribution is 2.17. The SMILES string of the molecule is CCOC(=O)CCc1ccc(Cn2cccc(-c3ccc(NC(=O)Nc4ccccc4C)cn3)c2=O)cc1. The van der Waals surface area contributed by atoms with Crippen LogP contribution < -0.4 is 16.2 Å². The highest BCUT2D eigenvalue weighted by molar-refractivity contribution is 6.00. The minimum absolute atomic E-state index is 0.163. The molecule has 0 saturated heterocycles. The van der Waals surface area contributed by atoms with Gasteiger partial charge in [-0.25, -0.2) is 4.79 Å². The molecule has 0 spiro atoms. The molecule has 2 heterocycles. The normalized spacial score (nSPS) is 10.6. The Labute approximate surface area is 221 Å². The van der Waals surface area contributed by atoms with Crippen molar-refractivity contribution in [3.8, 4) is 11.3 Å². The summed E-state index contributed by atoms with van der Waals surface area (Å²) in [6.07, 6.45) is 4.22. The van der Waals surface area contributed by atoms with Crippen LogP contribution in [-0.4, -0.2) is 28.2 Å². The molecule has 2 aromatic carbocycles. The van der Waals surface area contributed by atoms with Gasteiger partial charge in [0, 0.05) is 18.3 Å². The lowest BCUT2D eigenvalue weighted by Crippen LogP contribution is -2.22. The number of carbonyl (C=O) groups excluding carboxylic acids is 2. The number of aromatic nitrogens is 2. The highest BCUT2D eigenvalue weighted by Gasteiger charge is 2.10. The molecular formula is C30H30N4O4. The van der Waals surface area contributed by atoms with E-state index in [1.807, 2.05) is 61.5 Å². The van der Waals surface area contributed by atoms with Gasteiger partial charge in [-0.15, -0.1) is 0 Å². The van der Waals surface area contributed by atoms with Crippen molar-refractivity contribution in [2.45, 2.75) is 33.2 Å². The van der Waals surface area contributed by atoms with E-state index in [-0.39, 0.29) is 17.6 Å². The number of rotatable bonds is 9. The van der Waals surface area contributed by atoms with Gasteiger partial charge >= 0.3 is 12.0 Å². The van der Waals surface area contributed by atoms with Crippen LogP contribution in [0.4, 0.5) is 16.2 Å². The fourth-order valence-electron chi connectivity index (χ4n) is 3.97. The lowest BCUT2D eigenvalue weighted by molar-refractivity contribution is -0.143. The number of para-hydroxylation sites is 1. The maximum absolute atomic E-state index is 13.2. The largest absolute Gasteiger partial charge is 0.466 e. The van der Waals surface area contributed by atoms with Crippen molar-refractivity contribution in [3.05, 3.63) is 112 Å². The first-order valence-corrected chi connectivity index (χ1v) is 12.5. The molecular weight excluding hydrogens is 480 g/mol. The molecule has 0 saturated carbocycles. The second-order valence-corrected chi connectivity index (χ2v) is 8.80. The van der Waals surface area contributed by atoms with Gasteiger partial charge in [-0.05, 0) is 67.3 Å². The van der Waals surface area contributed by atoms with Gasteiger partial charge in [0.1, 0.15) is 0 Å². The summed E-state index contributed by atoms with van der Waals surface area (Å²) in [6, 6.07) is 22.0. The molecule has 2 N–H and O–H groups in total. The first-order valence-electron chi connectivity index (χ1n) is 12.5. The average Bonchev–Trinajstić information content (AvgIpc) is 2.91. The number of anilines is 2. The minimum Gasteiger partial charge on any atom is -0.466 e. The van der Waals surface area contributed by atoms with Gasteiger partial charge in [-0.2, -0.15) is 0 Å². The van der Waals surface area contributed by atoms with Gasteiger partial charge in [-0.3, -0.25) is 14.6 Å². The zero-order valence-electron chi connectivity index (χ0n) is 21.4. The predicted molar refractivity (Wildman–Crippen MR) is 148 cm³/mol. The number of urea groups is 1. The highest BCUT2D eigenvalue weighted by atomic mass is 16.5. The molecule has 0 radical (unpaired) electrons. The Balaban J connectivity index is 1.40. The van der Waals surface area contributed by atoms with Crippen molar-refractivity contribution in [1.29, 1.82) is 0 Å². The third-order valence-electron chi connectivity index (χ3n) is 6.01. The molecule has 8 nitrogen and oxygen atoms in total. The number of amides is 2. The Bertz CT molecular complexity index is 1460. The summed E-state index contributed by atoms with van der Waals surface area (Å²) in [7, 11) is 0. The maximum atomic E-state index is 13.2. The third kappa shape index (κ3) is 6.94. The van der Waals surface area contributed by atoms with Crippen LogP contribution in [0.3, 0.4) is 0 Å². The van der Waals surface area contributed by atoms with Crippen molar-refractivity contribution in [3.63, 3.8) is 0 Å². The lowest BCUT2D eigenvalue weighted by atomic mass is 10.1. The molecule has 4 rings (SSSR count). The van der Waals surface area contributed by atoms with Gasteiger partial charge in [0.15, 0.2) is 0 Å². The van der Waals surface area contributed by atoms with Crippen LogP contribution in [0.1, 0.15) is 30.0 Å². The zero-order chi connectivity index (χ0) is 26.9. The van der Waals surface area contributed by atoms with Crippen LogP contribution in [0.25, 0.3) is 11.3 Å². The first kappa shape index (κ1) is 26.3. The molecule has 4 aromatic rings. The van der Waals surface area contributed by atoms with E-state index in [4.69, 9.17) is 4.74 Å². The van der Waals surface area contributed by atoms with Crippen LogP contribution in [0, 0.1) is 6.92 Å². The molecule has 0 aliphatic carbocycles. The molecule has 0 aliphatic heterocycles. The molecule has 194 valence electrons.